The first kappa shape index (κ1) is 15.4. The van der Waals surface area contributed by atoms with Gasteiger partial charge in [-0.15, -0.1) is 0 Å². The first-order chi connectivity index (χ1) is 9.90. The standard InChI is InChI=1S/C18H24N2O/c1-5-6-16(21)11-15-12-19-17(20-15)13-7-9-14(10-8-13)18(2,3)4/h6-11,21H,5,12H2,1-4H3,(H,19,20)/b15-11+,16-6+. The number of aliphatic imine (C=N–C) groups is 1. The molecule has 0 amide bonds. The highest BCUT2D eigenvalue weighted by Crippen LogP contribution is 2.22. The van der Waals surface area contributed by atoms with Crippen LogP contribution in [0.5, 0.6) is 0 Å². The molecule has 0 radical (unpaired) electrons. The lowest BCUT2D eigenvalue weighted by Crippen LogP contribution is -2.19. The molecule has 0 aromatic heterocycles. The summed E-state index contributed by atoms with van der Waals surface area (Å²) in [7, 11) is 0. The van der Waals surface area contributed by atoms with Gasteiger partial charge in [-0.05, 0) is 23.5 Å². The van der Waals surface area contributed by atoms with E-state index in [2.05, 4.69) is 55.3 Å². The van der Waals surface area contributed by atoms with E-state index in [1.807, 2.05) is 6.92 Å². The Bertz CT molecular complexity index is 587. The number of nitrogens with zero attached hydrogens (tertiary/aromatic N) is 1. The number of benzene rings is 1. The third kappa shape index (κ3) is 3.97. The Labute approximate surface area is 127 Å². The number of hydrogen-bond acceptors (Lipinski definition) is 3. The number of aliphatic hydroxyl groups excluding tert-OH is 1. The molecule has 1 aliphatic heterocycles. The molecule has 1 heterocycles. The molecule has 112 valence electrons. The minimum atomic E-state index is 0.158. The van der Waals surface area contributed by atoms with Crippen molar-refractivity contribution in [1.29, 1.82) is 0 Å². The quantitative estimate of drug-likeness (QED) is 0.822. The van der Waals surface area contributed by atoms with Gasteiger partial charge in [0.1, 0.15) is 11.6 Å². The van der Waals surface area contributed by atoms with Crippen molar-refractivity contribution in [2.75, 3.05) is 6.54 Å². The van der Waals surface area contributed by atoms with Crippen LogP contribution < -0.4 is 5.32 Å². The fraction of sp³-hybridized carbons (Fsp3) is 0.389. The van der Waals surface area contributed by atoms with E-state index in [1.54, 1.807) is 12.2 Å². The molecule has 1 aliphatic rings. The van der Waals surface area contributed by atoms with E-state index < -0.39 is 0 Å². The van der Waals surface area contributed by atoms with Gasteiger partial charge in [0.25, 0.3) is 0 Å². The number of nitrogens with one attached hydrogen (secondary N) is 1. The predicted molar refractivity (Wildman–Crippen MR) is 88.8 cm³/mol. The van der Waals surface area contributed by atoms with Crippen LogP contribution in [-0.2, 0) is 5.41 Å². The summed E-state index contributed by atoms with van der Waals surface area (Å²) in [5.41, 5.74) is 3.40. The van der Waals surface area contributed by atoms with E-state index >= 15 is 0 Å². The molecule has 21 heavy (non-hydrogen) atoms. The van der Waals surface area contributed by atoms with Gasteiger partial charge in [0, 0.05) is 11.6 Å². The number of amidine groups is 1. The molecule has 0 atom stereocenters. The Hall–Kier alpha value is -2.03. The van der Waals surface area contributed by atoms with E-state index in [0.717, 1.165) is 23.5 Å². The van der Waals surface area contributed by atoms with Crippen molar-refractivity contribution in [2.24, 2.45) is 4.99 Å². The zero-order chi connectivity index (χ0) is 15.5. The second-order valence-electron chi connectivity index (χ2n) is 6.31. The first-order valence-electron chi connectivity index (χ1n) is 7.43. The zero-order valence-corrected chi connectivity index (χ0v) is 13.3. The van der Waals surface area contributed by atoms with Crippen molar-refractivity contribution in [3.8, 4) is 0 Å². The highest BCUT2D eigenvalue weighted by molar-refractivity contribution is 6.01. The summed E-state index contributed by atoms with van der Waals surface area (Å²) < 4.78 is 0. The van der Waals surface area contributed by atoms with E-state index in [9.17, 15) is 5.11 Å². The Morgan fingerprint density at radius 3 is 2.52 bits per heavy atom. The zero-order valence-electron chi connectivity index (χ0n) is 13.3. The molecular formula is C18H24N2O. The summed E-state index contributed by atoms with van der Waals surface area (Å²) in [6, 6.07) is 8.49. The number of allylic oxidation sites excluding steroid dienone is 2. The monoisotopic (exact) mass is 284 g/mol. The molecule has 0 aliphatic carbocycles. The van der Waals surface area contributed by atoms with Crippen molar-refractivity contribution in [3.05, 3.63) is 59.0 Å². The molecule has 0 spiro atoms. The summed E-state index contributed by atoms with van der Waals surface area (Å²) >= 11 is 0. The van der Waals surface area contributed by atoms with Crippen LogP contribution >= 0.6 is 0 Å². The molecule has 0 unspecified atom stereocenters. The summed E-state index contributed by atoms with van der Waals surface area (Å²) in [6.45, 7) is 9.26. The molecule has 3 nitrogen and oxygen atoms in total. The molecule has 1 aromatic carbocycles. The molecule has 1 aromatic rings. The maximum absolute atomic E-state index is 9.68. The predicted octanol–water partition coefficient (Wildman–Crippen LogP) is 4.07. The van der Waals surface area contributed by atoms with Crippen LogP contribution in [-0.4, -0.2) is 17.5 Å². The largest absolute Gasteiger partial charge is 0.508 e. The van der Waals surface area contributed by atoms with Crippen molar-refractivity contribution < 1.29 is 5.11 Å². The molecular weight excluding hydrogens is 260 g/mol. The highest BCUT2D eigenvalue weighted by Gasteiger charge is 2.16. The summed E-state index contributed by atoms with van der Waals surface area (Å²) in [4.78, 5) is 4.54. The fourth-order valence-electron chi connectivity index (χ4n) is 2.21. The minimum Gasteiger partial charge on any atom is -0.508 e. The van der Waals surface area contributed by atoms with E-state index in [0.29, 0.717) is 6.54 Å². The first-order valence-corrected chi connectivity index (χ1v) is 7.43. The van der Waals surface area contributed by atoms with E-state index in [1.165, 1.54) is 5.56 Å². The lowest BCUT2D eigenvalue weighted by Gasteiger charge is -2.19. The summed E-state index contributed by atoms with van der Waals surface area (Å²) in [5, 5.41) is 13.0. The minimum absolute atomic E-state index is 0.158. The molecule has 0 bridgehead atoms. The Balaban J connectivity index is 2.18. The number of hydrogen-bond donors (Lipinski definition) is 2. The van der Waals surface area contributed by atoms with Gasteiger partial charge >= 0.3 is 0 Å². The van der Waals surface area contributed by atoms with Gasteiger partial charge in [0.15, 0.2) is 0 Å². The van der Waals surface area contributed by atoms with Crippen LogP contribution in [0.1, 0.15) is 45.2 Å². The van der Waals surface area contributed by atoms with Crippen LogP contribution in [0.25, 0.3) is 0 Å². The Morgan fingerprint density at radius 2 is 1.95 bits per heavy atom. The molecule has 3 heteroatoms. The average molecular weight is 284 g/mol. The van der Waals surface area contributed by atoms with E-state index in [-0.39, 0.29) is 11.2 Å². The maximum Gasteiger partial charge on any atom is 0.133 e. The Kier molecular flexibility index (Phi) is 4.51. The normalized spacial score (nSPS) is 17.8. The lowest BCUT2D eigenvalue weighted by molar-refractivity contribution is 0.429. The van der Waals surface area contributed by atoms with Crippen LogP contribution in [0.15, 0.2) is 52.9 Å². The molecule has 0 fully saturated rings. The fourth-order valence-corrected chi connectivity index (χ4v) is 2.21. The summed E-state index contributed by atoms with van der Waals surface area (Å²) in [6.07, 6.45) is 4.31. The number of aliphatic hydroxyl groups is 1. The second-order valence-corrected chi connectivity index (χ2v) is 6.31. The van der Waals surface area contributed by atoms with Crippen LogP contribution in [0, 0.1) is 0 Å². The van der Waals surface area contributed by atoms with Gasteiger partial charge in [-0.1, -0.05) is 52.0 Å². The highest BCUT2D eigenvalue weighted by atomic mass is 16.3. The second kappa shape index (κ2) is 6.17. The van der Waals surface area contributed by atoms with Gasteiger partial charge < -0.3 is 10.4 Å². The molecule has 0 saturated carbocycles. The van der Waals surface area contributed by atoms with E-state index in [4.69, 9.17) is 0 Å². The van der Waals surface area contributed by atoms with Gasteiger partial charge in [-0.2, -0.15) is 0 Å². The molecule has 2 N–H and O–H groups in total. The SMILES string of the molecule is CC/C=C(O)\C=C1/CNC(c2ccc(C(C)(C)C)cc2)=N1. The summed E-state index contributed by atoms with van der Waals surface area (Å²) in [5.74, 6) is 1.15. The van der Waals surface area contributed by atoms with Crippen molar-refractivity contribution in [2.45, 2.75) is 39.5 Å². The van der Waals surface area contributed by atoms with Crippen LogP contribution in [0.4, 0.5) is 0 Å². The van der Waals surface area contributed by atoms with Crippen molar-refractivity contribution in [1.82, 2.24) is 5.32 Å². The Morgan fingerprint density at radius 1 is 1.29 bits per heavy atom. The van der Waals surface area contributed by atoms with Crippen molar-refractivity contribution in [3.63, 3.8) is 0 Å². The number of rotatable bonds is 3. The average Bonchev–Trinajstić information content (AvgIpc) is 2.86. The maximum atomic E-state index is 9.68. The van der Waals surface area contributed by atoms with Gasteiger partial charge in [0.05, 0.1) is 12.2 Å². The van der Waals surface area contributed by atoms with Gasteiger partial charge in [-0.3, -0.25) is 0 Å². The lowest BCUT2D eigenvalue weighted by atomic mass is 9.86. The third-order valence-electron chi connectivity index (χ3n) is 3.44. The third-order valence-corrected chi connectivity index (χ3v) is 3.44. The molecule has 0 saturated heterocycles. The van der Waals surface area contributed by atoms with Gasteiger partial charge in [0.2, 0.25) is 0 Å². The smallest absolute Gasteiger partial charge is 0.133 e. The van der Waals surface area contributed by atoms with Crippen LogP contribution in [0.2, 0.25) is 0 Å². The van der Waals surface area contributed by atoms with Crippen molar-refractivity contribution >= 4 is 5.84 Å². The van der Waals surface area contributed by atoms with Crippen LogP contribution in [0.3, 0.4) is 0 Å². The topological polar surface area (TPSA) is 44.6 Å². The van der Waals surface area contributed by atoms with Gasteiger partial charge in [-0.25, -0.2) is 4.99 Å². The molecule has 2 rings (SSSR count).